The van der Waals surface area contributed by atoms with Crippen LogP contribution in [0, 0.1) is 10.1 Å². The molecule has 112 valence electrons. The van der Waals surface area contributed by atoms with Gasteiger partial charge in [-0.25, -0.2) is 4.98 Å². The molecule has 0 radical (unpaired) electrons. The SMILES string of the molecule is CCCCNc1nc(C(C)(C)C)nc(OC)c1[N+](=O)[O-]. The van der Waals surface area contributed by atoms with Crippen LogP contribution in [0.5, 0.6) is 5.88 Å². The summed E-state index contributed by atoms with van der Waals surface area (Å²) < 4.78 is 5.06. The number of hydrogen-bond donors (Lipinski definition) is 1. The highest BCUT2D eigenvalue weighted by molar-refractivity contribution is 5.62. The molecule has 7 nitrogen and oxygen atoms in total. The second-order valence-corrected chi connectivity index (χ2v) is 5.54. The van der Waals surface area contributed by atoms with Crippen LogP contribution in [0.3, 0.4) is 0 Å². The number of ether oxygens (including phenoxy) is 1. The van der Waals surface area contributed by atoms with Crippen LogP contribution in [0.1, 0.15) is 46.4 Å². The molecule has 0 aromatic carbocycles. The average molecular weight is 282 g/mol. The van der Waals surface area contributed by atoms with E-state index in [1.54, 1.807) is 0 Å². The Morgan fingerprint density at radius 3 is 2.45 bits per heavy atom. The molecule has 1 N–H and O–H groups in total. The van der Waals surface area contributed by atoms with Crippen LogP contribution in [0.15, 0.2) is 0 Å². The lowest BCUT2D eigenvalue weighted by Crippen LogP contribution is -2.19. The Balaban J connectivity index is 3.30. The van der Waals surface area contributed by atoms with Crippen LogP contribution >= 0.6 is 0 Å². The molecule has 0 saturated carbocycles. The van der Waals surface area contributed by atoms with Crippen LogP contribution in [0.25, 0.3) is 0 Å². The minimum atomic E-state index is -0.514. The van der Waals surface area contributed by atoms with Gasteiger partial charge in [-0.05, 0) is 6.42 Å². The van der Waals surface area contributed by atoms with Gasteiger partial charge in [0.25, 0.3) is 5.88 Å². The van der Waals surface area contributed by atoms with E-state index < -0.39 is 4.92 Å². The summed E-state index contributed by atoms with van der Waals surface area (Å²) in [5.74, 6) is 0.730. The van der Waals surface area contributed by atoms with E-state index in [2.05, 4.69) is 22.2 Å². The smallest absolute Gasteiger partial charge is 0.372 e. The summed E-state index contributed by atoms with van der Waals surface area (Å²) in [5, 5.41) is 14.2. The van der Waals surface area contributed by atoms with E-state index in [1.165, 1.54) is 7.11 Å². The Hall–Kier alpha value is -1.92. The number of aromatic nitrogens is 2. The lowest BCUT2D eigenvalue weighted by molar-refractivity contribution is -0.385. The minimum Gasteiger partial charge on any atom is -0.476 e. The quantitative estimate of drug-likeness (QED) is 0.490. The number of nitrogens with zero attached hydrogens (tertiary/aromatic N) is 3. The molecule has 1 aromatic rings. The molecular weight excluding hydrogens is 260 g/mol. The van der Waals surface area contributed by atoms with Gasteiger partial charge in [0.1, 0.15) is 5.82 Å². The molecule has 0 aliphatic rings. The van der Waals surface area contributed by atoms with Crippen molar-refractivity contribution in [3.8, 4) is 5.88 Å². The molecule has 1 rings (SSSR count). The van der Waals surface area contributed by atoms with E-state index in [0.717, 1.165) is 12.8 Å². The van der Waals surface area contributed by atoms with Gasteiger partial charge >= 0.3 is 5.69 Å². The lowest BCUT2D eigenvalue weighted by atomic mass is 9.96. The number of hydrogen-bond acceptors (Lipinski definition) is 6. The monoisotopic (exact) mass is 282 g/mol. The maximum Gasteiger partial charge on any atom is 0.372 e. The molecular formula is C13H22N4O3. The van der Waals surface area contributed by atoms with Crippen LogP contribution in [0.2, 0.25) is 0 Å². The second kappa shape index (κ2) is 6.49. The minimum absolute atomic E-state index is 0.00563. The van der Waals surface area contributed by atoms with Gasteiger partial charge in [0, 0.05) is 12.0 Å². The molecule has 0 atom stereocenters. The van der Waals surface area contributed by atoms with Crippen molar-refractivity contribution in [1.82, 2.24) is 9.97 Å². The summed E-state index contributed by atoms with van der Waals surface area (Å²) in [5.41, 5.74) is -0.527. The highest BCUT2D eigenvalue weighted by Crippen LogP contribution is 2.34. The van der Waals surface area contributed by atoms with Gasteiger partial charge in [-0.2, -0.15) is 4.98 Å². The molecule has 20 heavy (non-hydrogen) atoms. The molecule has 0 aliphatic carbocycles. The van der Waals surface area contributed by atoms with Crippen LogP contribution in [0.4, 0.5) is 11.5 Å². The third kappa shape index (κ3) is 3.79. The number of anilines is 1. The van der Waals surface area contributed by atoms with E-state index in [1.807, 2.05) is 20.8 Å². The first-order valence-corrected chi connectivity index (χ1v) is 6.66. The average Bonchev–Trinajstić information content (AvgIpc) is 2.36. The molecule has 0 aliphatic heterocycles. The van der Waals surface area contributed by atoms with Crippen molar-refractivity contribution in [3.05, 3.63) is 15.9 Å². The van der Waals surface area contributed by atoms with E-state index in [4.69, 9.17) is 4.74 Å². The molecule has 0 unspecified atom stereocenters. The summed E-state index contributed by atoms with van der Waals surface area (Å²) in [6.45, 7) is 8.52. The maximum absolute atomic E-state index is 11.2. The Labute approximate surface area is 118 Å². The van der Waals surface area contributed by atoms with Crippen molar-refractivity contribution < 1.29 is 9.66 Å². The highest BCUT2D eigenvalue weighted by Gasteiger charge is 2.29. The fourth-order valence-corrected chi connectivity index (χ4v) is 1.58. The number of unbranched alkanes of at least 4 members (excludes halogenated alkanes) is 1. The van der Waals surface area contributed by atoms with Gasteiger partial charge in [-0.15, -0.1) is 0 Å². The fourth-order valence-electron chi connectivity index (χ4n) is 1.58. The number of rotatable bonds is 6. The van der Waals surface area contributed by atoms with E-state index in [0.29, 0.717) is 12.4 Å². The molecule has 0 saturated heterocycles. The number of nitro groups is 1. The molecule has 1 heterocycles. The predicted octanol–water partition coefficient (Wildman–Crippen LogP) is 2.90. The lowest BCUT2D eigenvalue weighted by Gasteiger charge is -2.18. The van der Waals surface area contributed by atoms with Crippen LogP contribution in [-0.4, -0.2) is 28.5 Å². The molecule has 1 aromatic heterocycles. The zero-order chi connectivity index (χ0) is 15.3. The largest absolute Gasteiger partial charge is 0.476 e. The van der Waals surface area contributed by atoms with Crippen molar-refractivity contribution in [2.24, 2.45) is 0 Å². The van der Waals surface area contributed by atoms with Gasteiger partial charge in [0.15, 0.2) is 0 Å². The molecule has 0 spiro atoms. The Bertz CT molecular complexity index is 483. The van der Waals surface area contributed by atoms with E-state index in [-0.39, 0.29) is 22.8 Å². The molecule has 0 bridgehead atoms. The zero-order valence-corrected chi connectivity index (χ0v) is 12.7. The maximum atomic E-state index is 11.2. The first-order chi connectivity index (χ1) is 9.31. The normalized spacial score (nSPS) is 11.2. The molecule has 0 amide bonds. The summed E-state index contributed by atoms with van der Waals surface area (Å²) in [6, 6.07) is 0. The van der Waals surface area contributed by atoms with Gasteiger partial charge in [0.2, 0.25) is 5.82 Å². The van der Waals surface area contributed by atoms with Crippen molar-refractivity contribution >= 4 is 11.5 Å². The zero-order valence-electron chi connectivity index (χ0n) is 12.7. The van der Waals surface area contributed by atoms with Crippen LogP contribution in [-0.2, 0) is 5.41 Å². The molecule has 7 heteroatoms. The Kier molecular flexibility index (Phi) is 5.24. The highest BCUT2D eigenvalue weighted by atomic mass is 16.6. The Morgan fingerprint density at radius 2 is 2.00 bits per heavy atom. The van der Waals surface area contributed by atoms with Gasteiger partial charge in [0.05, 0.1) is 12.0 Å². The third-order valence-corrected chi connectivity index (χ3v) is 2.72. The van der Waals surface area contributed by atoms with Crippen molar-refractivity contribution in [3.63, 3.8) is 0 Å². The Morgan fingerprint density at radius 1 is 1.35 bits per heavy atom. The third-order valence-electron chi connectivity index (χ3n) is 2.72. The van der Waals surface area contributed by atoms with Gasteiger partial charge in [-0.3, -0.25) is 10.1 Å². The van der Waals surface area contributed by atoms with E-state index >= 15 is 0 Å². The number of methoxy groups -OCH3 is 1. The topological polar surface area (TPSA) is 90.2 Å². The summed E-state index contributed by atoms with van der Waals surface area (Å²) >= 11 is 0. The summed E-state index contributed by atoms with van der Waals surface area (Å²) in [4.78, 5) is 19.1. The van der Waals surface area contributed by atoms with Crippen molar-refractivity contribution in [1.29, 1.82) is 0 Å². The number of nitrogens with one attached hydrogen (secondary N) is 1. The van der Waals surface area contributed by atoms with Gasteiger partial charge in [-0.1, -0.05) is 34.1 Å². The summed E-state index contributed by atoms with van der Waals surface area (Å²) in [6.07, 6.45) is 1.91. The van der Waals surface area contributed by atoms with E-state index in [9.17, 15) is 10.1 Å². The van der Waals surface area contributed by atoms with Crippen molar-refractivity contribution in [2.75, 3.05) is 19.0 Å². The summed E-state index contributed by atoms with van der Waals surface area (Å²) in [7, 11) is 1.37. The second-order valence-electron chi connectivity index (χ2n) is 5.54. The first-order valence-electron chi connectivity index (χ1n) is 6.66. The standard InChI is InChI=1S/C13H22N4O3/c1-6-7-8-14-10-9(17(18)19)11(20-5)16-12(15-10)13(2,3)4/h6-8H2,1-5H3,(H,14,15,16). The molecule has 0 fully saturated rings. The first kappa shape index (κ1) is 16.1. The fraction of sp³-hybridized carbons (Fsp3) is 0.692. The van der Waals surface area contributed by atoms with Gasteiger partial charge < -0.3 is 10.1 Å². The van der Waals surface area contributed by atoms with Crippen LogP contribution < -0.4 is 10.1 Å². The van der Waals surface area contributed by atoms with Crippen molar-refractivity contribution in [2.45, 2.75) is 46.0 Å². The predicted molar refractivity (Wildman–Crippen MR) is 77.3 cm³/mol.